The molecule has 0 amide bonds. The van der Waals surface area contributed by atoms with Crippen LogP contribution in [-0.2, 0) is 22.6 Å². The number of aryl methyl sites for hydroxylation is 2. The number of carbonyl (C=O) groups excluding carboxylic acids is 2. The summed E-state index contributed by atoms with van der Waals surface area (Å²) < 4.78 is 41.6. The second-order valence-electron chi connectivity index (χ2n) is 12.6. The molecule has 4 atom stereocenters. The lowest BCUT2D eigenvalue weighted by Gasteiger charge is -2.23. The van der Waals surface area contributed by atoms with E-state index in [-0.39, 0.29) is 45.6 Å². The average Bonchev–Trinajstić information content (AvgIpc) is 3.47. The van der Waals surface area contributed by atoms with Gasteiger partial charge in [-0.05, 0) is 68.7 Å². The molecular weight excluding hydrogens is 676 g/mol. The van der Waals surface area contributed by atoms with Gasteiger partial charge in [0.2, 0.25) is 6.29 Å². The second-order valence-corrected chi connectivity index (χ2v) is 12.6. The largest absolute Gasteiger partial charge is 0.493 e. The van der Waals surface area contributed by atoms with Crippen molar-refractivity contribution >= 4 is 33.8 Å². The first-order chi connectivity index (χ1) is 24.8. The van der Waals surface area contributed by atoms with E-state index >= 15 is 0 Å². The van der Waals surface area contributed by atoms with Crippen molar-refractivity contribution < 1.29 is 47.5 Å². The highest BCUT2D eigenvalue weighted by Gasteiger charge is 2.32. The summed E-state index contributed by atoms with van der Waals surface area (Å²) in [6.45, 7) is 4.96. The maximum absolute atomic E-state index is 14.0. The van der Waals surface area contributed by atoms with E-state index < -0.39 is 42.0 Å². The van der Waals surface area contributed by atoms with Gasteiger partial charge < -0.3 is 59.7 Å². The van der Waals surface area contributed by atoms with Crippen LogP contribution in [0, 0.1) is 0 Å². The molecule has 2 aromatic heterocycles. The van der Waals surface area contributed by atoms with Crippen LogP contribution in [0.5, 0.6) is 34.5 Å². The number of esters is 2. The summed E-state index contributed by atoms with van der Waals surface area (Å²) in [6, 6.07) is 9.14. The Labute approximate surface area is 297 Å². The van der Waals surface area contributed by atoms with Gasteiger partial charge in [-0.25, -0.2) is 14.4 Å². The molecule has 5 aromatic rings. The number of rotatable bonds is 11. The van der Waals surface area contributed by atoms with E-state index in [1.54, 1.807) is 43.3 Å². The number of aliphatic hydroxyl groups excluding tert-OH is 1. The van der Waals surface area contributed by atoms with Gasteiger partial charge in [-0.2, -0.15) is 0 Å². The topological polar surface area (TPSA) is 223 Å². The van der Waals surface area contributed by atoms with Crippen LogP contribution in [0.2, 0.25) is 0 Å². The quantitative estimate of drug-likeness (QED) is 0.0667. The van der Waals surface area contributed by atoms with Crippen molar-refractivity contribution in [1.29, 1.82) is 0 Å². The van der Waals surface area contributed by atoms with E-state index in [0.717, 1.165) is 5.56 Å². The molecule has 0 spiro atoms. The number of hydrogen-bond donors (Lipinski definition) is 4. The zero-order valence-electron chi connectivity index (χ0n) is 29.5. The van der Waals surface area contributed by atoms with Crippen LogP contribution in [0.4, 0.5) is 0 Å². The predicted octanol–water partition coefficient (Wildman–Crippen LogP) is 3.21. The molecule has 0 saturated carbocycles. The summed E-state index contributed by atoms with van der Waals surface area (Å²) in [4.78, 5) is 38.9. The Hall–Kier alpha value is -5.61. The second kappa shape index (κ2) is 14.2. The molecule has 0 fully saturated rings. The van der Waals surface area contributed by atoms with Crippen LogP contribution in [0.25, 0.3) is 44.3 Å². The monoisotopic (exact) mass is 716 g/mol. The van der Waals surface area contributed by atoms with Gasteiger partial charge >= 0.3 is 17.6 Å². The molecule has 1 aliphatic rings. The molecule has 274 valence electrons. The summed E-state index contributed by atoms with van der Waals surface area (Å²) in [7, 11) is 4.33. The summed E-state index contributed by atoms with van der Waals surface area (Å²) in [5, 5.41) is 11.4. The van der Waals surface area contributed by atoms with Crippen LogP contribution >= 0.6 is 0 Å². The Morgan fingerprint density at radius 1 is 0.808 bits per heavy atom. The molecule has 0 aliphatic carbocycles. The van der Waals surface area contributed by atoms with Crippen LogP contribution in [0.15, 0.2) is 51.7 Å². The van der Waals surface area contributed by atoms with Crippen LogP contribution in [0.3, 0.4) is 0 Å². The lowest BCUT2D eigenvalue weighted by molar-refractivity contribution is -0.136. The molecule has 1 unspecified atom stereocenters. The molecule has 0 saturated heterocycles. The molecule has 15 heteroatoms. The highest BCUT2D eigenvalue weighted by molar-refractivity contribution is 6.17. The van der Waals surface area contributed by atoms with Gasteiger partial charge in [0.25, 0.3) is 0 Å². The van der Waals surface area contributed by atoms with Gasteiger partial charge in [0.05, 0.1) is 33.1 Å². The lowest BCUT2D eigenvalue weighted by Crippen LogP contribution is -2.36. The molecule has 3 heterocycles. The van der Waals surface area contributed by atoms with E-state index in [2.05, 4.69) is 0 Å². The number of carbonyl (C=O) groups is 2. The van der Waals surface area contributed by atoms with E-state index in [1.165, 1.54) is 41.2 Å². The third-order valence-electron chi connectivity index (χ3n) is 8.76. The van der Waals surface area contributed by atoms with Gasteiger partial charge in [0.15, 0.2) is 34.5 Å². The molecule has 15 nitrogen and oxygen atoms in total. The van der Waals surface area contributed by atoms with Crippen LogP contribution < -0.4 is 51.2 Å². The Balaban J connectivity index is 1.69. The Kier molecular flexibility index (Phi) is 9.88. The molecule has 1 aliphatic heterocycles. The number of aliphatic hydroxyl groups is 1. The lowest BCUT2D eigenvalue weighted by atomic mass is 9.91. The minimum atomic E-state index is -1.37. The van der Waals surface area contributed by atoms with Gasteiger partial charge in [-0.3, -0.25) is 0 Å². The van der Waals surface area contributed by atoms with E-state index in [4.69, 9.17) is 50.0 Å². The summed E-state index contributed by atoms with van der Waals surface area (Å²) >= 11 is 0. The first-order valence-corrected chi connectivity index (χ1v) is 16.4. The number of fused-ring (bicyclic) bond motifs is 7. The Morgan fingerprint density at radius 3 is 2.04 bits per heavy atom. The zero-order valence-corrected chi connectivity index (χ0v) is 29.5. The average molecular weight is 717 g/mol. The first kappa shape index (κ1) is 36.2. The number of aromatic nitrogens is 1. The number of ether oxygens (including phenoxy) is 6. The normalized spacial score (nSPS) is 14.5. The fourth-order valence-electron chi connectivity index (χ4n) is 6.15. The SMILES string of the molecule is COc1cc(-c2c3n(c4c(=O)oc5cc(OC(O)[C@H](C)N)c(OC)cc5c24)CCc2cc(OC(=O)[C@H](C)N)c(OC)cc2-3)ccc1OC(=O)[C@H](C)N. The summed E-state index contributed by atoms with van der Waals surface area (Å²) in [6.07, 6.45) is -0.915. The van der Waals surface area contributed by atoms with Crippen molar-refractivity contribution in [1.82, 2.24) is 4.57 Å². The summed E-state index contributed by atoms with van der Waals surface area (Å²) in [5.41, 5.74) is 20.5. The maximum Gasteiger partial charge on any atom is 0.361 e. The van der Waals surface area contributed by atoms with Crippen LogP contribution in [-0.4, -0.2) is 67.4 Å². The Bertz CT molecular complexity index is 2270. The standard InChI is InChI=1S/C37H40N4O11/c1-16(38)34(42)49-23-8-7-20(12-25(23)46-4)30-31-22-14-27(48-6)29(52-36(44)18(3)40)15-24(22)50-37(45)33(31)41-10-9-19-11-28(51-35(43)17(2)39)26(47-5)13-21(19)32(30)41/h7-8,11-18,36,44H,9-10,38-40H2,1-6H3/t16-,17-,18-,36?/m0/s1. The van der Waals surface area contributed by atoms with Crippen molar-refractivity contribution in [2.24, 2.45) is 17.2 Å². The third-order valence-corrected chi connectivity index (χ3v) is 8.76. The van der Waals surface area contributed by atoms with Crippen molar-refractivity contribution in [3.8, 4) is 56.9 Å². The minimum absolute atomic E-state index is 0.110. The van der Waals surface area contributed by atoms with Gasteiger partial charge in [0, 0.05) is 34.5 Å². The molecule has 0 bridgehead atoms. The number of hydrogen-bond acceptors (Lipinski definition) is 14. The van der Waals surface area contributed by atoms with E-state index in [1.807, 2.05) is 4.57 Å². The third kappa shape index (κ3) is 6.39. The smallest absolute Gasteiger partial charge is 0.361 e. The molecule has 52 heavy (non-hydrogen) atoms. The van der Waals surface area contributed by atoms with Crippen LogP contribution in [0.1, 0.15) is 26.3 Å². The number of benzene rings is 3. The molecule has 0 radical (unpaired) electrons. The summed E-state index contributed by atoms with van der Waals surface area (Å²) in [5.74, 6) is -0.0765. The fourth-order valence-corrected chi connectivity index (χ4v) is 6.15. The number of methoxy groups -OCH3 is 3. The van der Waals surface area contributed by atoms with E-state index in [0.29, 0.717) is 46.1 Å². The van der Waals surface area contributed by atoms with Crippen molar-refractivity contribution in [2.75, 3.05) is 21.3 Å². The minimum Gasteiger partial charge on any atom is -0.493 e. The predicted molar refractivity (Wildman–Crippen MR) is 191 cm³/mol. The van der Waals surface area contributed by atoms with Crippen molar-refractivity contribution in [3.05, 3.63) is 58.4 Å². The maximum atomic E-state index is 14.0. The first-order valence-electron chi connectivity index (χ1n) is 16.4. The molecular formula is C37H40N4O11. The fraction of sp³-hybridized carbons (Fsp3) is 0.324. The molecule has 7 N–H and O–H groups in total. The molecule has 6 rings (SSSR count). The van der Waals surface area contributed by atoms with Crippen molar-refractivity contribution in [2.45, 2.75) is 58.2 Å². The van der Waals surface area contributed by atoms with Gasteiger partial charge in [-0.1, -0.05) is 6.07 Å². The highest BCUT2D eigenvalue weighted by atomic mass is 16.6. The van der Waals surface area contributed by atoms with Gasteiger partial charge in [0.1, 0.15) is 23.2 Å². The zero-order chi connectivity index (χ0) is 37.6. The van der Waals surface area contributed by atoms with Gasteiger partial charge in [-0.15, -0.1) is 0 Å². The number of nitrogens with two attached hydrogens (primary N) is 3. The highest BCUT2D eigenvalue weighted by Crippen LogP contribution is 2.50. The van der Waals surface area contributed by atoms with Crippen molar-refractivity contribution in [3.63, 3.8) is 0 Å². The Morgan fingerprint density at radius 2 is 1.42 bits per heavy atom. The van der Waals surface area contributed by atoms with E-state index in [9.17, 15) is 19.5 Å². The molecule has 3 aromatic carbocycles. The number of nitrogens with zero attached hydrogens (tertiary/aromatic N) is 1.